The van der Waals surface area contributed by atoms with Crippen molar-refractivity contribution in [2.24, 2.45) is 0 Å². The lowest BCUT2D eigenvalue weighted by Gasteiger charge is -2.31. The maximum absolute atomic E-state index is 12.9. The summed E-state index contributed by atoms with van der Waals surface area (Å²) in [7, 11) is 1.49. The molecule has 1 aliphatic heterocycles. The number of aliphatic hydroxyl groups excluding tert-OH is 1. The second-order valence-electron chi connectivity index (χ2n) is 13.4. The summed E-state index contributed by atoms with van der Waals surface area (Å²) in [6, 6.07) is 16.6. The number of hydrogen-bond acceptors (Lipinski definition) is 10. The third-order valence-corrected chi connectivity index (χ3v) is 9.69. The zero-order valence-electron chi connectivity index (χ0n) is 30.5. The third kappa shape index (κ3) is 11.7. The van der Waals surface area contributed by atoms with Crippen molar-refractivity contribution in [1.29, 1.82) is 0 Å². The fourth-order valence-electron chi connectivity index (χ4n) is 6.40. The molecule has 4 aromatic rings. The van der Waals surface area contributed by atoms with Crippen molar-refractivity contribution in [3.8, 4) is 11.5 Å². The molecule has 13 nitrogen and oxygen atoms in total. The lowest BCUT2D eigenvalue weighted by atomic mass is 10.0. The van der Waals surface area contributed by atoms with E-state index >= 15 is 0 Å². The van der Waals surface area contributed by atoms with Crippen LogP contribution in [-0.2, 0) is 38.6 Å². The number of fused-ring (bicyclic) bond motifs is 1. The van der Waals surface area contributed by atoms with Gasteiger partial charge in [0.05, 0.1) is 29.4 Å². The Balaban J connectivity index is 1.04. The fourth-order valence-corrected chi connectivity index (χ4v) is 6.64. The van der Waals surface area contributed by atoms with Gasteiger partial charge in [-0.05, 0) is 54.2 Å². The van der Waals surface area contributed by atoms with E-state index in [-0.39, 0.29) is 74.0 Å². The summed E-state index contributed by atoms with van der Waals surface area (Å²) in [5.74, 6) is -2.27. The van der Waals surface area contributed by atoms with Gasteiger partial charge >= 0.3 is 12.1 Å². The number of likely N-dealkylation sites (tertiary alicyclic amines) is 1. The molecule has 1 fully saturated rings. The number of amides is 2. The number of methoxy groups -OCH3 is 1. The number of nitrogens with zero attached hydrogens (tertiary/aromatic N) is 1. The normalized spacial score (nSPS) is 14.3. The number of aromatic amines is 1. The van der Waals surface area contributed by atoms with Crippen LogP contribution in [0.25, 0.3) is 10.9 Å². The zero-order valence-corrected chi connectivity index (χ0v) is 31.3. The Hall–Kier alpha value is -5.16. The van der Waals surface area contributed by atoms with Crippen molar-refractivity contribution in [2.75, 3.05) is 38.6 Å². The minimum absolute atomic E-state index is 0.101. The topological polar surface area (TPSA) is 182 Å². The number of H-pyrrole nitrogens is 1. The van der Waals surface area contributed by atoms with Crippen molar-refractivity contribution >= 4 is 46.0 Å². The van der Waals surface area contributed by atoms with E-state index in [1.165, 1.54) is 19.2 Å². The van der Waals surface area contributed by atoms with E-state index in [4.69, 9.17) is 16.3 Å². The summed E-state index contributed by atoms with van der Waals surface area (Å²) in [5, 5.41) is 30.7. The Bertz CT molecular complexity index is 2090. The molecular formula is C39H43ClF3N5O8. The number of phenolic OH excluding ortho intramolecular Hbond substituents is 1. The third-order valence-electron chi connectivity index (χ3n) is 9.38. The molecule has 0 aliphatic carbocycles. The molecule has 2 heterocycles. The number of phenols is 1. The summed E-state index contributed by atoms with van der Waals surface area (Å²) in [5.41, 5.74) is 3.18. The second kappa shape index (κ2) is 19.1. The van der Waals surface area contributed by atoms with Gasteiger partial charge in [-0.1, -0.05) is 41.9 Å². The van der Waals surface area contributed by atoms with Crippen molar-refractivity contribution in [1.82, 2.24) is 20.5 Å². The van der Waals surface area contributed by atoms with Crippen LogP contribution in [0.1, 0.15) is 54.0 Å². The number of halogens is 4. The number of alkyl halides is 3. The van der Waals surface area contributed by atoms with Gasteiger partial charge in [0.2, 0.25) is 17.4 Å². The van der Waals surface area contributed by atoms with Crippen LogP contribution >= 0.6 is 11.6 Å². The van der Waals surface area contributed by atoms with E-state index in [0.29, 0.717) is 59.0 Å². The molecule has 56 heavy (non-hydrogen) atoms. The number of esters is 1. The molecule has 2 amide bonds. The Kier molecular flexibility index (Phi) is 14.3. The molecule has 1 aromatic heterocycles. The van der Waals surface area contributed by atoms with Gasteiger partial charge in [-0.15, -0.1) is 0 Å². The monoisotopic (exact) mass is 801 g/mol. The SMILES string of the molecule is COc1cc(NC(=O)CCc2cccc(CNC(=O)CCN3CCC(OC(=O)C(F)(F)F)CC3)c2)c(Cl)cc1CNC[C@H](O)c1ccc(O)c2[nH]c(=O)ccc12. The average molecular weight is 802 g/mol. The first-order valence-electron chi connectivity index (χ1n) is 17.9. The summed E-state index contributed by atoms with van der Waals surface area (Å²) >= 11 is 6.55. The molecule has 0 spiro atoms. The molecule has 0 unspecified atom stereocenters. The number of anilines is 1. The van der Waals surface area contributed by atoms with E-state index in [1.807, 2.05) is 29.2 Å². The number of aromatic hydroxyl groups is 1. The summed E-state index contributed by atoms with van der Waals surface area (Å²) in [6.07, 6.45) is -5.46. The van der Waals surface area contributed by atoms with Crippen molar-refractivity contribution < 1.29 is 47.2 Å². The first-order valence-corrected chi connectivity index (χ1v) is 18.3. The number of pyridine rings is 1. The van der Waals surface area contributed by atoms with Gasteiger partial charge in [0.25, 0.3) is 0 Å². The minimum Gasteiger partial charge on any atom is -0.506 e. The highest BCUT2D eigenvalue weighted by atomic mass is 35.5. The number of aromatic nitrogens is 1. The molecule has 17 heteroatoms. The van der Waals surface area contributed by atoms with Crippen LogP contribution in [0.15, 0.2) is 65.5 Å². The van der Waals surface area contributed by atoms with E-state index in [2.05, 4.69) is 25.7 Å². The number of carbonyl (C=O) groups excluding carboxylic acids is 3. The molecule has 1 saturated heterocycles. The first-order chi connectivity index (χ1) is 26.7. The quantitative estimate of drug-likeness (QED) is 0.0856. The molecule has 1 atom stereocenters. The van der Waals surface area contributed by atoms with Gasteiger partial charge in [-0.3, -0.25) is 14.4 Å². The molecule has 3 aromatic carbocycles. The number of piperidine rings is 1. The predicted octanol–water partition coefficient (Wildman–Crippen LogP) is 4.87. The molecule has 300 valence electrons. The Morgan fingerprint density at radius 3 is 2.48 bits per heavy atom. The van der Waals surface area contributed by atoms with Crippen LogP contribution in [0.3, 0.4) is 0 Å². The predicted molar refractivity (Wildman–Crippen MR) is 202 cm³/mol. The number of nitrogens with one attached hydrogen (secondary N) is 4. The number of rotatable bonds is 16. The molecule has 0 radical (unpaired) electrons. The Morgan fingerprint density at radius 2 is 1.75 bits per heavy atom. The summed E-state index contributed by atoms with van der Waals surface area (Å²) in [6.45, 7) is 1.94. The van der Waals surface area contributed by atoms with Gasteiger partial charge in [-0.2, -0.15) is 13.2 Å². The highest BCUT2D eigenvalue weighted by Gasteiger charge is 2.42. The van der Waals surface area contributed by atoms with Gasteiger partial charge in [0.1, 0.15) is 17.6 Å². The van der Waals surface area contributed by atoms with Crippen LogP contribution in [0, 0.1) is 0 Å². The van der Waals surface area contributed by atoms with Gasteiger partial charge in [-0.25, -0.2) is 4.79 Å². The van der Waals surface area contributed by atoms with Crippen LogP contribution in [-0.4, -0.2) is 83.4 Å². The Labute approximate surface area is 325 Å². The van der Waals surface area contributed by atoms with Crippen LogP contribution in [0.2, 0.25) is 5.02 Å². The van der Waals surface area contributed by atoms with E-state index in [0.717, 1.165) is 11.1 Å². The maximum atomic E-state index is 12.9. The molecule has 0 bridgehead atoms. The molecule has 6 N–H and O–H groups in total. The van der Waals surface area contributed by atoms with E-state index in [1.54, 1.807) is 24.3 Å². The molecular weight excluding hydrogens is 759 g/mol. The standard InChI is InChI=1S/C39H43ClF3N5O8/c1-55-33-19-30(29(40)18-25(33)21-44-22-32(50)27-6-8-31(49)37-28(27)7-10-36(53)47-37)46-35(52)9-5-23-3-2-4-24(17-23)20-45-34(51)13-16-48-14-11-26(12-15-48)56-38(54)39(41,42)43/h2-4,6-8,10,17-19,26,32,44,49-50H,5,9,11-16,20-22H2,1H3,(H,45,51)(H,46,52)(H,47,53)/t32-/m0/s1. The number of benzene rings is 3. The first kappa shape index (κ1) is 42.0. The van der Waals surface area contributed by atoms with Crippen molar-refractivity contribution in [3.63, 3.8) is 0 Å². The van der Waals surface area contributed by atoms with Crippen LogP contribution in [0.5, 0.6) is 11.5 Å². The maximum Gasteiger partial charge on any atom is 0.490 e. The smallest absolute Gasteiger partial charge is 0.490 e. The lowest BCUT2D eigenvalue weighted by molar-refractivity contribution is -0.206. The molecule has 1 aliphatic rings. The Morgan fingerprint density at radius 1 is 1.00 bits per heavy atom. The van der Waals surface area contributed by atoms with E-state index < -0.39 is 24.4 Å². The average Bonchev–Trinajstić information content (AvgIpc) is 3.17. The second-order valence-corrected chi connectivity index (χ2v) is 13.8. The number of aliphatic hydroxyl groups is 1. The summed E-state index contributed by atoms with van der Waals surface area (Å²) in [4.78, 5) is 52.7. The number of aryl methyl sites for hydroxylation is 1. The number of hydrogen-bond donors (Lipinski definition) is 6. The van der Waals surface area contributed by atoms with Crippen LogP contribution < -0.4 is 26.2 Å². The lowest BCUT2D eigenvalue weighted by Crippen LogP contribution is -2.41. The minimum atomic E-state index is -5.02. The molecule has 0 saturated carbocycles. The van der Waals surface area contributed by atoms with Gasteiger partial charge in [0.15, 0.2) is 0 Å². The molecule has 5 rings (SSSR count). The van der Waals surface area contributed by atoms with Gasteiger partial charge < -0.3 is 45.5 Å². The van der Waals surface area contributed by atoms with Gasteiger partial charge in [0, 0.05) is 75.2 Å². The summed E-state index contributed by atoms with van der Waals surface area (Å²) < 4.78 is 47.4. The van der Waals surface area contributed by atoms with E-state index in [9.17, 15) is 42.6 Å². The largest absolute Gasteiger partial charge is 0.506 e. The zero-order chi connectivity index (χ0) is 40.4. The fraction of sp³-hybridized carbons (Fsp3) is 0.385. The number of carbonyl (C=O) groups is 3. The van der Waals surface area contributed by atoms with Crippen molar-refractivity contribution in [3.05, 3.63) is 98.3 Å². The van der Waals surface area contributed by atoms with Crippen LogP contribution in [0.4, 0.5) is 18.9 Å². The van der Waals surface area contributed by atoms with Crippen molar-refractivity contribution in [2.45, 2.75) is 63.6 Å². The number of ether oxygens (including phenoxy) is 2. The highest BCUT2D eigenvalue weighted by molar-refractivity contribution is 6.33. The highest BCUT2D eigenvalue weighted by Crippen LogP contribution is 2.32.